The number of nitrogens with one attached hydrogen (secondary N) is 2. The molecule has 22 heteroatoms. The van der Waals surface area contributed by atoms with Crippen molar-refractivity contribution in [2.75, 3.05) is 71.3 Å². The summed E-state index contributed by atoms with van der Waals surface area (Å²) in [7, 11) is -7.22. The van der Waals surface area contributed by atoms with Crippen molar-refractivity contribution in [1.29, 1.82) is 0 Å². The van der Waals surface area contributed by atoms with Crippen LogP contribution in [0.3, 0.4) is 0 Å². The average Bonchev–Trinajstić information content (AvgIpc) is 1.61. The number of rotatable bonds is 31. The highest BCUT2D eigenvalue weighted by atomic mass is 32.2. The van der Waals surface area contributed by atoms with Gasteiger partial charge in [-0.05, 0) is 134 Å². The van der Waals surface area contributed by atoms with Crippen LogP contribution in [0.4, 0.5) is 11.4 Å². The highest BCUT2D eigenvalue weighted by Crippen LogP contribution is 2.51. The molecule has 2 amide bonds. The molecular formula is C65H83N8O12S2+. The minimum atomic E-state index is -4.44. The number of carbonyl (C=O) groups excluding carboxylic acids is 2. The number of unbranched alkanes of at least 4 members (excludes halogenated alkanes) is 2. The van der Waals surface area contributed by atoms with Crippen molar-refractivity contribution < 1.29 is 59.7 Å². The van der Waals surface area contributed by atoms with E-state index >= 15 is 0 Å². The van der Waals surface area contributed by atoms with Crippen LogP contribution in [0.15, 0.2) is 137 Å². The SMILES string of the molecule is CCN1\C(=C/C=C/C=C/C2=[N+](CCCCCC(=O)NCCOCCOCCOCCn3cc(CN(C(C(=O)NO)C(C)C)S(=O)(=O)c4ccc(OC)cc4)nn3)c3ccc4ccc(S(=O)(=O)O)cc4c3C2(C)C)C(C)(C)c2c1ccc1c(C)cccc21. The van der Waals surface area contributed by atoms with E-state index in [1.165, 1.54) is 75.4 Å². The predicted molar refractivity (Wildman–Crippen MR) is 336 cm³/mol. The predicted octanol–water partition coefficient (Wildman–Crippen LogP) is 9.49. The maximum atomic E-state index is 13.9. The number of anilines is 1. The molecule has 0 saturated carbocycles. The lowest BCUT2D eigenvalue weighted by Crippen LogP contribution is -2.51. The van der Waals surface area contributed by atoms with Gasteiger partial charge in [0.05, 0.1) is 80.7 Å². The van der Waals surface area contributed by atoms with Crippen LogP contribution in [0.5, 0.6) is 5.75 Å². The molecule has 1 unspecified atom stereocenters. The van der Waals surface area contributed by atoms with E-state index in [9.17, 15) is 36.2 Å². The fraction of sp³-hybridized carbons (Fsp3) is 0.431. The van der Waals surface area contributed by atoms with Crippen molar-refractivity contribution in [3.05, 3.63) is 150 Å². The molecule has 87 heavy (non-hydrogen) atoms. The lowest BCUT2D eigenvalue weighted by molar-refractivity contribution is -0.438. The maximum Gasteiger partial charge on any atom is 0.294 e. The molecule has 6 aromatic rings. The van der Waals surface area contributed by atoms with Gasteiger partial charge in [0.2, 0.25) is 21.6 Å². The molecule has 0 fully saturated rings. The van der Waals surface area contributed by atoms with Gasteiger partial charge in [0.1, 0.15) is 18.3 Å². The van der Waals surface area contributed by atoms with E-state index in [-0.39, 0.29) is 40.0 Å². The summed E-state index contributed by atoms with van der Waals surface area (Å²) in [4.78, 5) is 27.8. The van der Waals surface area contributed by atoms with Crippen LogP contribution < -0.4 is 20.4 Å². The number of sulfonamides is 1. The molecule has 0 radical (unpaired) electrons. The number of hydroxylamine groups is 1. The normalized spacial score (nSPS) is 15.7. The molecule has 20 nitrogen and oxygen atoms in total. The number of likely N-dealkylation sites (N-methyl/N-ethyl adjacent to an activating group) is 1. The third kappa shape index (κ3) is 15.1. The largest absolute Gasteiger partial charge is 0.497 e. The van der Waals surface area contributed by atoms with E-state index in [2.05, 4.69) is 133 Å². The second-order valence-corrected chi connectivity index (χ2v) is 26.4. The minimum Gasteiger partial charge on any atom is -0.497 e. The summed E-state index contributed by atoms with van der Waals surface area (Å²) in [5.41, 5.74) is 9.22. The third-order valence-electron chi connectivity index (χ3n) is 16.2. The van der Waals surface area contributed by atoms with Gasteiger partial charge >= 0.3 is 0 Å². The summed E-state index contributed by atoms with van der Waals surface area (Å²) in [6.07, 6.45) is 14.8. The van der Waals surface area contributed by atoms with E-state index in [0.717, 1.165) is 51.4 Å². The van der Waals surface area contributed by atoms with Crippen LogP contribution in [-0.2, 0) is 67.9 Å². The molecule has 3 heterocycles. The highest BCUT2D eigenvalue weighted by molar-refractivity contribution is 7.89. The fourth-order valence-electron chi connectivity index (χ4n) is 12.0. The van der Waals surface area contributed by atoms with Crippen LogP contribution >= 0.6 is 0 Å². The number of ether oxygens (including phenoxy) is 4. The third-order valence-corrected chi connectivity index (χ3v) is 18.9. The van der Waals surface area contributed by atoms with Crippen LogP contribution in [0.25, 0.3) is 21.5 Å². The lowest BCUT2D eigenvalue weighted by Gasteiger charge is -2.31. The number of fused-ring (bicyclic) bond motifs is 6. The second kappa shape index (κ2) is 28.8. The zero-order valence-corrected chi connectivity index (χ0v) is 52.9. The smallest absolute Gasteiger partial charge is 0.294 e. The summed E-state index contributed by atoms with van der Waals surface area (Å²) in [6.45, 7) is 20.4. The molecule has 0 spiro atoms. The monoisotopic (exact) mass is 1230 g/mol. The number of hydrogen-bond acceptors (Lipinski definition) is 14. The van der Waals surface area contributed by atoms with Gasteiger partial charge in [0.25, 0.3) is 16.0 Å². The molecule has 5 aromatic carbocycles. The van der Waals surface area contributed by atoms with Crippen LogP contribution in [0.2, 0.25) is 0 Å². The van der Waals surface area contributed by atoms with Gasteiger partial charge in [0, 0.05) is 66.6 Å². The Morgan fingerprint density at radius 2 is 1.49 bits per heavy atom. The molecule has 466 valence electrons. The van der Waals surface area contributed by atoms with Gasteiger partial charge in [-0.15, -0.1) is 5.10 Å². The number of methoxy groups -OCH3 is 1. The summed E-state index contributed by atoms with van der Waals surface area (Å²) >= 11 is 0. The van der Waals surface area contributed by atoms with Gasteiger partial charge in [-0.2, -0.15) is 17.3 Å². The Balaban J connectivity index is 0.768. The topological polar surface area (TPSA) is 244 Å². The molecule has 2 aliphatic heterocycles. The average molecular weight is 1230 g/mol. The van der Waals surface area contributed by atoms with E-state index in [1.54, 1.807) is 37.7 Å². The number of aryl methyl sites for hydroxylation is 1. The summed E-state index contributed by atoms with van der Waals surface area (Å²) in [5, 5.41) is 24.9. The van der Waals surface area contributed by atoms with Crippen LogP contribution in [-0.4, -0.2) is 140 Å². The number of benzene rings is 5. The molecule has 0 saturated heterocycles. The van der Waals surface area contributed by atoms with Crippen molar-refractivity contribution >= 4 is 70.6 Å². The Morgan fingerprint density at radius 3 is 2.18 bits per heavy atom. The number of amides is 2. The molecule has 0 aliphatic carbocycles. The Morgan fingerprint density at radius 1 is 0.793 bits per heavy atom. The molecular weight excluding hydrogens is 1150 g/mol. The standard InChI is InChI=1S/C65H82N8O12S2/c1-10-71-55-32-30-52-46(4)18-17-19-53(52)60(55)64(5,6)57(71)20-13-11-14-21-58-65(7,8)61-54-42-51(87(79,80)81)27-23-47(54)24-31-56(61)72(58)34-16-12-15-22-59(74)66-33-36-83-38-40-85-41-39-84-37-35-70-43-48(67-69-70)44-73(62(45(2)3)63(75)68-76)86(77,78)50-28-25-49(82-9)26-29-50/h11,13-14,17-21,23-32,42-43,45,62H,10,12,15-16,22,33-41,44H2,1-9H3,(H3-,66,67,68,69,74,75,76,79,80,81)/p+1. The summed E-state index contributed by atoms with van der Waals surface area (Å²) in [5.74, 6) is -0.982. The summed E-state index contributed by atoms with van der Waals surface area (Å²) in [6, 6.07) is 24.4. The van der Waals surface area contributed by atoms with Crippen LogP contribution in [0.1, 0.15) is 96.5 Å². The summed E-state index contributed by atoms with van der Waals surface area (Å²) < 4.78 is 89.5. The zero-order valence-electron chi connectivity index (χ0n) is 51.3. The first kappa shape index (κ1) is 65.8. The van der Waals surface area contributed by atoms with Gasteiger partial charge in [0.15, 0.2) is 5.71 Å². The second-order valence-electron chi connectivity index (χ2n) is 23.1. The van der Waals surface area contributed by atoms with E-state index in [0.29, 0.717) is 71.3 Å². The first-order chi connectivity index (χ1) is 41.5. The Labute approximate surface area is 511 Å². The Hall–Kier alpha value is -7.15. The zero-order chi connectivity index (χ0) is 62.7. The fourth-order valence-corrected chi connectivity index (χ4v) is 14.2. The van der Waals surface area contributed by atoms with Gasteiger partial charge < -0.3 is 29.2 Å². The molecule has 1 aromatic heterocycles. The number of aromatic nitrogens is 3. The first-order valence-electron chi connectivity index (χ1n) is 29.6. The number of hydrogen-bond donors (Lipinski definition) is 4. The lowest BCUT2D eigenvalue weighted by atomic mass is 9.79. The molecule has 1 atom stereocenters. The van der Waals surface area contributed by atoms with Gasteiger partial charge in [-0.25, -0.2) is 18.6 Å². The van der Waals surface area contributed by atoms with Crippen molar-refractivity contribution in [3.63, 3.8) is 0 Å². The number of nitrogens with zero attached hydrogens (tertiary/aromatic N) is 6. The van der Waals surface area contributed by atoms with Gasteiger partial charge in [-0.1, -0.05) is 81.5 Å². The highest BCUT2D eigenvalue weighted by Gasteiger charge is 2.46. The van der Waals surface area contributed by atoms with Gasteiger partial charge in [-0.3, -0.25) is 19.3 Å². The molecule has 2 aliphatic rings. The number of allylic oxidation sites excluding steroid dienone is 6. The molecule has 8 rings (SSSR count). The minimum absolute atomic E-state index is 0.0540. The van der Waals surface area contributed by atoms with E-state index in [1.807, 2.05) is 6.07 Å². The molecule has 0 bridgehead atoms. The van der Waals surface area contributed by atoms with Crippen LogP contribution in [0, 0.1) is 12.8 Å². The first-order valence-corrected chi connectivity index (χ1v) is 32.5. The Bertz CT molecular complexity index is 3800. The quantitative estimate of drug-likeness (QED) is 0.00791. The van der Waals surface area contributed by atoms with Crippen molar-refractivity contribution in [2.24, 2.45) is 5.92 Å². The maximum absolute atomic E-state index is 13.9. The van der Waals surface area contributed by atoms with E-state index < -0.39 is 43.4 Å². The Kier molecular flexibility index (Phi) is 21.8. The van der Waals surface area contributed by atoms with E-state index in [4.69, 9.17) is 18.9 Å². The van der Waals surface area contributed by atoms with Crippen molar-refractivity contribution in [3.8, 4) is 5.75 Å². The van der Waals surface area contributed by atoms with Crippen molar-refractivity contribution in [1.82, 2.24) is 30.1 Å². The molecule has 4 N–H and O–H groups in total. The number of carbonyl (C=O) groups is 2. The van der Waals surface area contributed by atoms with Crippen molar-refractivity contribution in [2.45, 2.75) is 121 Å².